The summed E-state index contributed by atoms with van der Waals surface area (Å²) in [6, 6.07) is 8.55. The van der Waals surface area contributed by atoms with Gasteiger partial charge in [0.2, 0.25) is 5.91 Å². The van der Waals surface area contributed by atoms with Crippen LogP contribution in [0.4, 0.5) is 5.69 Å². The second kappa shape index (κ2) is 4.23. The summed E-state index contributed by atoms with van der Waals surface area (Å²) >= 11 is 0. The predicted molar refractivity (Wildman–Crippen MR) is 74.0 cm³/mol. The summed E-state index contributed by atoms with van der Waals surface area (Å²) in [4.78, 5) is 24.5. The van der Waals surface area contributed by atoms with Crippen molar-refractivity contribution in [1.29, 1.82) is 0 Å². The van der Waals surface area contributed by atoms with E-state index in [4.69, 9.17) is 0 Å². The number of rotatable bonds is 1. The third-order valence-electron chi connectivity index (χ3n) is 3.73. The Balaban J connectivity index is 2.37. The summed E-state index contributed by atoms with van der Waals surface area (Å²) in [5.41, 5.74) is 1.09. The highest BCUT2D eigenvalue weighted by Gasteiger charge is 2.37. The minimum absolute atomic E-state index is 0.0524. The zero-order valence-corrected chi connectivity index (χ0v) is 10.8. The summed E-state index contributed by atoms with van der Waals surface area (Å²) in [5, 5.41) is 20.7. The van der Waals surface area contributed by atoms with Gasteiger partial charge in [0.15, 0.2) is 0 Å². The number of phenols is 1. The maximum absolute atomic E-state index is 11.7. The van der Waals surface area contributed by atoms with Gasteiger partial charge in [0.05, 0.1) is 5.69 Å². The molecule has 0 saturated heterocycles. The van der Waals surface area contributed by atoms with Gasteiger partial charge in [-0.3, -0.25) is 9.59 Å². The third kappa shape index (κ3) is 1.63. The van der Waals surface area contributed by atoms with Gasteiger partial charge < -0.3 is 15.1 Å². The molecule has 1 amide bonds. The number of hydrogen-bond acceptors (Lipinski definition) is 3. The van der Waals surface area contributed by atoms with Gasteiger partial charge in [-0.1, -0.05) is 24.3 Å². The van der Waals surface area contributed by atoms with E-state index in [2.05, 4.69) is 0 Å². The number of phenolic OH excluding ortho intramolecular Hbond substituents is 1. The monoisotopic (exact) mass is 271 g/mol. The Hall–Kier alpha value is -2.56. The van der Waals surface area contributed by atoms with Crippen molar-refractivity contribution in [1.82, 2.24) is 0 Å². The number of amides is 1. The van der Waals surface area contributed by atoms with Crippen LogP contribution in [-0.2, 0) is 9.59 Å². The largest absolute Gasteiger partial charge is 0.507 e. The van der Waals surface area contributed by atoms with E-state index in [1.54, 1.807) is 24.3 Å². The summed E-state index contributed by atoms with van der Waals surface area (Å²) in [6.07, 6.45) is 0. The molecule has 2 N–H and O–H groups in total. The average molecular weight is 271 g/mol. The molecule has 20 heavy (non-hydrogen) atoms. The molecule has 0 bridgehead atoms. The molecule has 1 aliphatic rings. The van der Waals surface area contributed by atoms with Crippen molar-refractivity contribution in [2.45, 2.75) is 12.8 Å². The first-order valence-electron chi connectivity index (χ1n) is 6.26. The Morgan fingerprint density at radius 2 is 1.90 bits per heavy atom. The smallest absolute Gasteiger partial charge is 0.312 e. The molecular formula is C15H13NO4. The number of carboxylic acid groups (broad SMARTS) is 1. The third-order valence-corrected chi connectivity index (χ3v) is 3.73. The highest BCUT2D eigenvalue weighted by Crippen LogP contribution is 2.44. The zero-order valence-electron chi connectivity index (χ0n) is 10.8. The summed E-state index contributed by atoms with van der Waals surface area (Å²) in [6.45, 7) is 1.49. The molecule has 0 aliphatic carbocycles. The van der Waals surface area contributed by atoms with Gasteiger partial charge in [-0.25, -0.2) is 0 Å². The first-order valence-corrected chi connectivity index (χ1v) is 6.26. The van der Waals surface area contributed by atoms with Crippen molar-refractivity contribution in [3.63, 3.8) is 0 Å². The lowest BCUT2D eigenvalue weighted by atomic mass is 9.94. The van der Waals surface area contributed by atoms with Crippen LogP contribution in [0.3, 0.4) is 0 Å². The minimum Gasteiger partial charge on any atom is -0.507 e. The van der Waals surface area contributed by atoms with E-state index in [-0.39, 0.29) is 18.2 Å². The fourth-order valence-corrected chi connectivity index (χ4v) is 2.83. The van der Waals surface area contributed by atoms with E-state index >= 15 is 0 Å². The molecule has 1 unspecified atom stereocenters. The normalized spacial score (nSPS) is 17.2. The van der Waals surface area contributed by atoms with Crippen LogP contribution in [0.1, 0.15) is 18.4 Å². The first-order chi connectivity index (χ1) is 9.50. The minimum atomic E-state index is -0.967. The predicted octanol–water partition coefficient (Wildman–Crippen LogP) is 2.08. The maximum atomic E-state index is 11.7. The molecule has 102 valence electrons. The van der Waals surface area contributed by atoms with Crippen molar-refractivity contribution < 1.29 is 19.8 Å². The van der Waals surface area contributed by atoms with Gasteiger partial charge in [0.1, 0.15) is 11.7 Å². The van der Waals surface area contributed by atoms with Crippen molar-refractivity contribution in [2.75, 3.05) is 11.4 Å². The lowest BCUT2D eigenvalue weighted by molar-refractivity contribution is -0.138. The standard InChI is InChI=1S/C15H13NO4/c1-8(17)16-7-11(15(19)20)14-10-5-3-2-4-9(10)13(18)6-12(14)16/h2-6,11,18H,7H2,1H3,(H,19,20). The lowest BCUT2D eigenvalue weighted by Gasteiger charge is -2.15. The molecule has 2 aromatic carbocycles. The number of carboxylic acids is 1. The SMILES string of the molecule is CC(=O)N1CC(C(=O)O)c2c1cc(O)c1ccccc21. The van der Waals surface area contributed by atoms with E-state index in [1.807, 2.05) is 0 Å². The van der Waals surface area contributed by atoms with Gasteiger partial charge in [-0.2, -0.15) is 0 Å². The summed E-state index contributed by atoms with van der Waals surface area (Å²) in [7, 11) is 0. The molecule has 0 aromatic heterocycles. The van der Waals surface area contributed by atoms with Crippen LogP contribution in [0.2, 0.25) is 0 Å². The zero-order chi connectivity index (χ0) is 14.4. The fourth-order valence-electron chi connectivity index (χ4n) is 2.83. The van der Waals surface area contributed by atoms with E-state index in [9.17, 15) is 19.8 Å². The van der Waals surface area contributed by atoms with Crippen LogP contribution < -0.4 is 4.90 Å². The molecular weight excluding hydrogens is 258 g/mol. The Labute approximate surface area is 115 Å². The molecule has 0 saturated carbocycles. The van der Waals surface area contributed by atoms with Crippen LogP contribution in [0.15, 0.2) is 30.3 Å². The average Bonchev–Trinajstić information content (AvgIpc) is 2.79. The molecule has 1 heterocycles. The molecule has 0 spiro atoms. The molecule has 1 aliphatic heterocycles. The van der Waals surface area contributed by atoms with Gasteiger partial charge in [0, 0.05) is 24.9 Å². The quantitative estimate of drug-likeness (QED) is 0.832. The van der Waals surface area contributed by atoms with Gasteiger partial charge in [0.25, 0.3) is 0 Å². The maximum Gasteiger partial charge on any atom is 0.312 e. The van der Waals surface area contributed by atoms with Crippen LogP contribution in [-0.4, -0.2) is 28.6 Å². The number of hydrogen-bond donors (Lipinski definition) is 2. The second-order valence-corrected chi connectivity index (χ2v) is 4.89. The second-order valence-electron chi connectivity index (χ2n) is 4.89. The number of nitrogens with zero attached hydrogens (tertiary/aromatic N) is 1. The van der Waals surface area contributed by atoms with Crippen LogP contribution in [0, 0.1) is 0 Å². The van der Waals surface area contributed by atoms with Crippen molar-refractivity contribution >= 4 is 28.3 Å². The van der Waals surface area contributed by atoms with Gasteiger partial charge in [-0.05, 0) is 10.9 Å². The molecule has 5 nitrogen and oxygen atoms in total. The highest BCUT2D eigenvalue weighted by atomic mass is 16.4. The lowest BCUT2D eigenvalue weighted by Crippen LogP contribution is -2.28. The molecule has 1 atom stereocenters. The van der Waals surface area contributed by atoms with Crippen molar-refractivity contribution in [2.24, 2.45) is 0 Å². The Morgan fingerprint density at radius 3 is 2.50 bits per heavy atom. The number of carbonyl (C=O) groups excluding carboxylic acids is 1. The number of aromatic hydroxyl groups is 1. The van der Waals surface area contributed by atoms with Crippen molar-refractivity contribution in [3.05, 3.63) is 35.9 Å². The number of aliphatic carboxylic acids is 1. The fraction of sp³-hybridized carbons (Fsp3) is 0.200. The van der Waals surface area contributed by atoms with E-state index in [0.29, 0.717) is 22.0 Å². The van der Waals surface area contributed by atoms with Crippen LogP contribution in [0.5, 0.6) is 5.75 Å². The molecule has 5 heteroatoms. The molecule has 2 aromatic rings. The Bertz CT molecular complexity index is 738. The highest BCUT2D eigenvalue weighted by molar-refractivity contribution is 6.06. The molecule has 3 rings (SSSR count). The number of anilines is 1. The summed E-state index contributed by atoms with van der Waals surface area (Å²) in [5.74, 6) is -1.91. The number of fused-ring (bicyclic) bond motifs is 3. The van der Waals surface area contributed by atoms with Crippen LogP contribution in [0.25, 0.3) is 10.8 Å². The Kier molecular flexibility index (Phi) is 2.64. The van der Waals surface area contributed by atoms with Gasteiger partial charge >= 0.3 is 5.97 Å². The molecule has 0 fully saturated rings. The van der Waals surface area contributed by atoms with Gasteiger partial charge in [-0.15, -0.1) is 0 Å². The Morgan fingerprint density at radius 1 is 1.25 bits per heavy atom. The van der Waals surface area contributed by atoms with Crippen LogP contribution >= 0.6 is 0 Å². The van der Waals surface area contributed by atoms with E-state index < -0.39 is 11.9 Å². The number of carbonyl (C=O) groups is 2. The first kappa shape index (κ1) is 12.5. The molecule has 0 radical (unpaired) electrons. The topological polar surface area (TPSA) is 77.8 Å². The van der Waals surface area contributed by atoms with E-state index in [0.717, 1.165) is 0 Å². The summed E-state index contributed by atoms with van der Waals surface area (Å²) < 4.78 is 0. The van der Waals surface area contributed by atoms with E-state index in [1.165, 1.54) is 17.9 Å². The number of benzene rings is 2. The van der Waals surface area contributed by atoms with Crippen molar-refractivity contribution in [3.8, 4) is 5.75 Å².